The lowest BCUT2D eigenvalue weighted by Gasteiger charge is -2.06. The van der Waals surface area contributed by atoms with Gasteiger partial charge in [-0.3, -0.25) is 4.98 Å². The van der Waals surface area contributed by atoms with Crippen LogP contribution in [0, 0.1) is 11.3 Å². The zero-order valence-electron chi connectivity index (χ0n) is 9.99. The fraction of sp³-hybridized carbons (Fsp3) is 0.308. The molecule has 0 aliphatic rings. The van der Waals surface area contributed by atoms with Gasteiger partial charge in [-0.1, -0.05) is 17.8 Å². The first-order valence-corrected chi connectivity index (χ1v) is 6.79. The summed E-state index contributed by atoms with van der Waals surface area (Å²) < 4.78 is 2.08. The first kappa shape index (κ1) is 12.7. The maximum absolute atomic E-state index is 8.48. The number of pyridine rings is 1. The Kier molecular flexibility index (Phi) is 4.79. The van der Waals surface area contributed by atoms with Crippen LogP contribution in [-0.4, -0.2) is 20.3 Å². The predicted molar refractivity (Wildman–Crippen MR) is 71.1 cm³/mol. The van der Waals surface area contributed by atoms with Crippen LogP contribution in [0.15, 0.2) is 41.9 Å². The van der Waals surface area contributed by atoms with E-state index in [1.54, 1.807) is 24.2 Å². The minimum atomic E-state index is 0.605. The Hall–Kier alpha value is -1.80. The zero-order chi connectivity index (χ0) is 12.6. The van der Waals surface area contributed by atoms with Gasteiger partial charge in [0.1, 0.15) is 0 Å². The molecule has 2 heterocycles. The van der Waals surface area contributed by atoms with Crippen molar-refractivity contribution in [3.63, 3.8) is 0 Å². The van der Waals surface area contributed by atoms with Crippen molar-refractivity contribution in [2.75, 3.05) is 5.75 Å². The number of nitrogens with zero attached hydrogens (tertiary/aromatic N) is 4. The van der Waals surface area contributed by atoms with Crippen LogP contribution in [0.2, 0.25) is 0 Å². The van der Waals surface area contributed by atoms with Crippen LogP contribution in [0.4, 0.5) is 0 Å². The molecule has 4 nitrogen and oxygen atoms in total. The molecule has 0 spiro atoms. The fourth-order valence-corrected chi connectivity index (χ4v) is 2.43. The van der Waals surface area contributed by atoms with Crippen LogP contribution in [0.5, 0.6) is 0 Å². The minimum absolute atomic E-state index is 0.605. The van der Waals surface area contributed by atoms with Crippen LogP contribution in [0.3, 0.4) is 0 Å². The van der Waals surface area contributed by atoms with Crippen molar-refractivity contribution in [3.8, 4) is 6.07 Å². The molecular weight excluding hydrogens is 244 g/mol. The van der Waals surface area contributed by atoms with Crippen LogP contribution in [-0.2, 0) is 6.54 Å². The molecule has 2 aromatic rings. The van der Waals surface area contributed by atoms with Gasteiger partial charge in [0.15, 0.2) is 5.16 Å². The van der Waals surface area contributed by atoms with E-state index in [-0.39, 0.29) is 0 Å². The highest BCUT2D eigenvalue weighted by molar-refractivity contribution is 7.99. The average Bonchev–Trinajstić information content (AvgIpc) is 2.83. The molecule has 0 N–H and O–H groups in total. The smallest absolute Gasteiger partial charge is 0.168 e. The molecule has 0 saturated heterocycles. The van der Waals surface area contributed by atoms with Gasteiger partial charge in [0.2, 0.25) is 0 Å². The molecule has 0 radical (unpaired) electrons. The summed E-state index contributed by atoms with van der Waals surface area (Å²) in [4.78, 5) is 8.63. The molecule has 0 amide bonds. The van der Waals surface area contributed by atoms with E-state index in [4.69, 9.17) is 5.26 Å². The highest BCUT2D eigenvalue weighted by Gasteiger charge is 2.04. The number of hydrogen-bond acceptors (Lipinski definition) is 4. The molecule has 0 fully saturated rings. The number of aromatic nitrogens is 3. The third kappa shape index (κ3) is 3.60. The van der Waals surface area contributed by atoms with Crippen LogP contribution < -0.4 is 0 Å². The quantitative estimate of drug-likeness (QED) is 0.590. The molecule has 0 aromatic carbocycles. The number of nitriles is 1. The summed E-state index contributed by atoms with van der Waals surface area (Å²) in [6, 6.07) is 8.05. The van der Waals surface area contributed by atoms with Crippen molar-refractivity contribution in [1.29, 1.82) is 5.26 Å². The highest BCUT2D eigenvalue weighted by Crippen LogP contribution is 2.18. The van der Waals surface area contributed by atoms with E-state index in [1.165, 1.54) is 0 Å². The van der Waals surface area contributed by atoms with Crippen molar-refractivity contribution in [2.45, 2.75) is 24.5 Å². The van der Waals surface area contributed by atoms with E-state index in [1.807, 2.05) is 24.4 Å². The van der Waals surface area contributed by atoms with E-state index >= 15 is 0 Å². The molecule has 0 saturated carbocycles. The second-order valence-corrected chi connectivity index (χ2v) is 4.83. The summed E-state index contributed by atoms with van der Waals surface area (Å²) in [5, 5.41) is 9.47. The van der Waals surface area contributed by atoms with E-state index in [2.05, 4.69) is 20.6 Å². The van der Waals surface area contributed by atoms with Gasteiger partial charge in [0.05, 0.1) is 18.3 Å². The third-order valence-corrected chi connectivity index (χ3v) is 3.49. The summed E-state index contributed by atoms with van der Waals surface area (Å²) in [7, 11) is 0. The molecule has 0 bridgehead atoms. The van der Waals surface area contributed by atoms with E-state index in [0.717, 1.165) is 29.6 Å². The Balaban J connectivity index is 1.94. The van der Waals surface area contributed by atoms with Gasteiger partial charge < -0.3 is 4.57 Å². The van der Waals surface area contributed by atoms with Crippen molar-refractivity contribution >= 4 is 11.8 Å². The lowest BCUT2D eigenvalue weighted by molar-refractivity contribution is 0.693. The molecular formula is C13H14N4S. The number of unbranched alkanes of at least 4 members (excludes halogenated alkanes) is 1. The Morgan fingerprint density at radius 3 is 3.00 bits per heavy atom. The number of thioether (sulfide) groups is 1. The first-order chi connectivity index (χ1) is 8.90. The van der Waals surface area contributed by atoms with Gasteiger partial charge in [0, 0.05) is 30.8 Å². The van der Waals surface area contributed by atoms with Gasteiger partial charge >= 0.3 is 0 Å². The maximum Gasteiger partial charge on any atom is 0.168 e. The summed E-state index contributed by atoms with van der Waals surface area (Å²) in [6.07, 6.45) is 7.06. The third-order valence-electron chi connectivity index (χ3n) is 2.40. The van der Waals surface area contributed by atoms with Crippen LogP contribution in [0.25, 0.3) is 0 Å². The molecule has 2 aromatic heterocycles. The highest BCUT2D eigenvalue weighted by atomic mass is 32.2. The van der Waals surface area contributed by atoms with Gasteiger partial charge in [-0.2, -0.15) is 5.26 Å². The van der Waals surface area contributed by atoms with E-state index < -0.39 is 0 Å². The van der Waals surface area contributed by atoms with E-state index in [0.29, 0.717) is 6.42 Å². The summed E-state index contributed by atoms with van der Waals surface area (Å²) >= 11 is 1.69. The number of hydrogen-bond donors (Lipinski definition) is 0. The van der Waals surface area contributed by atoms with Gasteiger partial charge in [-0.05, 0) is 18.6 Å². The largest absolute Gasteiger partial charge is 0.320 e. The predicted octanol–water partition coefficient (Wildman–Crippen LogP) is 2.72. The summed E-state index contributed by atoms with van der Waals surface area (Å²) in [5.41, 5.74) is 1.02. The Morgan fingerprint density at radius 1 is 1.28 bits per heavy atom. The van der Waals surface area contributed by atoms with Gasteiger partial charge in [-0.25, -0.2) is 4.98 Å². The normalized spacial score (nSPS) is 10.2. The first-order valence-electron chi connectivity index (χ1n) is 5.81. The summed E-state index contributed by atoms with van der Waals surface area (Å²) in [6.45, 7) is 0.738. The molecule has 2 rings (SSSR count). The van der Waals surface area contributed by atoms with Crippen molar-refractivity contribution in [1.82, 2.24) is 14.5 Å². The topological polar surface area (TPSA) is 54.5 Å². The second-order valence-electron chi connectivity index (χ2n) is 3.77. The van der Waals surface area contributed by atoms with Crippen molar-refractivity contribution in [3.05, 3.63) is 42.5 Å². The van der Waals surface area contributed by atoms with Crippen molar-refractivity contribution < 1.29 is 0 Å². The number of imidazole rings is 1. The molecule has 0 unspecified atom stereocenters. The van der Waals surface area contributed by atoms with Gasteiger partial charge in [0.25, 0.3) is 0 Å². The zero-order valence-corrected chi connectivity index (χ0v) is 10.8. The minimum Gasteiger partial charge on any atom is -0.320 e. The standard InChI is InChI=1S/C13H14N4S/c14-6-2-4-10-18-13-16-8-9-17(13)11-12-5-1-3-7-15-12/h1,3,5,7-9H,2,4,10-11H2. The van der Waals surface area contributed by atoms with E-state index in [9.17, 15) is 0 Å². The lowest BCUT2D eigenvalue weighted by Crippen LogP contribution is -2.02. The van der Waals surface area contributed by atoms with Crippen molar-refractivity contribution in [2.24, 2.45) is 0 Å². The molecule has 0 aliphatic carbocycles. The molecule has 0 aliphatic heterocycles. The molecule has 92 valence electrons. The maximum atomic E-state index is 8.48. The molecule has 5 heteroatoms. The average molecular weight is 258 g/mol. The molecule has 0 atom stereocenters. The second kappa shape index (κ2) is 6.82. The fourth-order valence-electron chi connectivity index (χ4n) is 1.54. The Bertz CT molecular complexity index is 515. The van der Waals surface area contributed by atoms with Crippen LogP contribution >= 0.6 is 11.8 Å². The summed E-state index contributed by atoms with van der Waals surface area (Å²) in [5.74, 6) is 0.923. The molecule has 18 heavy (non-hydrogen) atoms. The van der Waals surface area contributed by atoms with Crippen LogP contribution in [0.1, 0.15) is 18.5 Å². The lowest BCUT2D eigenvalue weighted by atomic mass is 10.3. The number of rotatable bonds is 6. The van der Waals surface area contributed by atoms with Gasteiger partial charge in [-0.15, -0.1) is 0 Å². The monoisotopic (exact) mass is 258 g/mol. The SMILES string of the molecule is N#CCCCSc1nccn1Cc1ccccn1. The Morgan fingerprint density at radius 2 is 2.22 bits per heavy atom. The Labute approximate surface area is 111 Å².